The molecule has 5 nitrogen and oxygen atoms in total. The molecule has 4 rings (SSSR count). The second kappa shape index (κ2) is 7.73. The number of anilines is 1. The molecular weight excluding hydrogens is 368 g/mol. The Hall–Kier alpha value is -2.70. The Balaban J connectivity index is 1.67. The molecule has 0 saturated heterocycles. The highest BCUT2D eigenvalue weighted by Crippen LogP contribution is 2.26. The number of rotatable bonds is 4. The summed E-state index contributed by atoms with van der Waals surface area (Å²) in [6, 6.07) is 16.6. The third kappa shape index (κ3) is 3.53. The van der Waals surface area contributed by atoms with E-state index >= 15 is 0 Å². The largest absolute Gasteiger partial charge is 0.358 e. The minimum absolute atomic E-state index is 0.113. The summed E-state index contributed by atoms with van der Waals surface area (Å²) in [5.41, 5.74) is 5.27. The molecule has 0 amide bonds. The number of aromatic nitrogens is 2. The number of fused-ring (bicyclic) bond motifs is 1. The second-order valence-electron chi connectivity index (χ2n) is 7.26. The standard InChI is InChI=1S/C22H24N4OS/c1-15-7-6-10-19(16(15)2)26-20-18(21(27)24-22(26)28)13-25(14-23-20)12-11-17-8-4-3-5-9-17/h3-10,23H,11-14H2,1-2H3,(H,24,27,28). The van der Waals surface area contributed by atoms with E-state index in [2.05, 4.69) is 59.4 Å². The maximum Gasteiger partial charge on any atom is 0.258 e. The van der Waals surface area contributed by atoms with Crippen molar-refractivity contribution >= 4 is 18.0 Å². The number of hydrogen-bond acceptors (Lipinski definition) is 4. The number of nitrogens with one attached hydrogen (secondary N) is 2. The summed E-state index contributed by atoms with van der Waals surface area (Å²) in [6.45, 7) is 6.33. The Labute approximate surface area is 169 Å². The lowest BCUT2D eigenvalue weighted by Gasteiger charge is -2.31. The molecule has 0 unspecified atom stereocenters. The summed E-state index contributed by atoms with van der Waals surface area (Å²) in [4.78, 5) is 17.8. The van der Waals surface area contributed by atoms with Crippen LogP contribution >= 0.6 is 12.2 Å². The van der Waals surface area contributed by atoms with Gasteiger partial charge in [-0.2, -0.15) is 0 Å². The van der Waals surface area contributed by atoms with Crippen LogP contribution in [0.2, 0.25) is 0 Å². The van der Waals surface area contributed by atoms with Crippen LogP contribution in [-0.2, 0) is 13.0 Å². The number of hydrogen-bond donors (Lipinski definition) is 2. The van der Waals surface area contributed by atoms with E-state index in [9.17, 15) is 4.79 Å². The van der Waals surface area contributed by atoms with Crippen LogP contribution in [0.15, 0.2) is 53.3 Å². The van der Waals surface area contributed by atoms with Gasteiger partial charge in [0.2, 0.25) is 0 Å². The molecule has 0 bridgehead atoms. The average Bonchev–Trinajstić information content (AvgIpc) is 2.70. The van der Waals surface area contributed by atoms with E-state index < -0.39 is 0 Å². The molecular formula is C22H24N4OS. The first-order valence-corrected chi connectivity index (χ1v) is 9.90. The summed E-state index contributed by atoms with van der Waals surface area (Å²) < 4.78 is 2.38. The summed E-state index contributed by atoms with van der Waals surface area (Å²) in [6.07, 6.45) is 0.950. The third-order valence-corrected chi connectivity index (χ3v) is 5.72. The van der Waals surface area contributed by atoms with Crippen molar-refractivity contribution in [2.24, 2.45) is 0 Å². The molecule has 1 aliphatic heterocycles. The number of benzene rings is 2. The molecule has 28 heavy (non-hydrogen) atoms. The van der Waals surface area contributed by atoms with E-state index in [1.54, 1.807) is 0 Å². The van der Waals surface area contributed by atoms with Crippen LogP contribution in [0.5, 0.6) is 0 Å². The maximum absolute atomic E-state index is 12.6. The first-order valence-electron chi connectivity index (χ1n) is 9.49. The van der Waals surface area contributed by atoms with E-state index in [1.165, 1.54) is 11.1 Å². The lowest BCUT2D eigenvalue weighted by molar-refractivity contribution is 0.276. The van der Waals surface area contributed by atoms with Crippen LogP contribution in [0.25, 0.3) is 5.69 Å². The number of aromatic amines is 1. The Bertz CT molecular complexity index is 1120. The van der Waals surface area contributed by atoms with Crippen molar-refractivity contribution in [2.75, 3.05) is 18.5 Å². The minimum Gasteiger partial charge on any atom is -0.358 e. The number of aryl methyl sites for hydroxylation is 1. The van der Waals surface area contributed by atoms with Crippen LogP contribution in [0.1, 0.15) is 22.3 Å². The van der Waals surface area contributed by atoms with E-state index in [0.29, 0.717) is 18.0 Å². The topological polar surface area (TPSA) is 53.1 Å². The molecule has 2 aromatic carbocycles. The van der Waals surface area contributed by atoms with Gasteiger partial charge in [0.15, 0.2) is 4.77 Å². The van der Waals surface area contributed by atoms with Crippen molar-refractivity contribution in [3.8, 4) is 5.69 Å². The summed E-state index contributed by atoms with van der Waals surface area (Å²) in [5.74, 6) is 0.804. The maximum atomic E-state index is 12.6. The van der Waals surface area contributed by atoms with Crippen LogP contribution in [-0.4, -0.2) is 27.7 Å². The van der Waals surface area contributed by atoms with Gasteiger partial charge in [0.1, 0.15) is 5.82 Å². The lowest BCUT2D eigenvalue weighted by atomic mass is 10.1. The molecule has 3 aromatic rings. The van der Waals surface area contributed by atoms with Gasteiger partial charge in [-0.1, -0.05) is 42.5 Å². The molecule has 0 radical (unpaired) electrons. The van der Waals surface area contributed by atoms with Crippen LogP contribution in [0, 0.1) is 18.6 Å². The van der Waals surface area contributed by atoms with E-state index in [0.717, 1.165) is 35.6 Å². The normalized spacial score (nSPS) is 13.8. The SMILES string of the molecule is Cc1cccc(-n2c3c(c(=O)[nH]c2=S)CN(CCc2ccccc2)CN3)c1C. The monoisotopic (exact) mass is 392 g/mol. The summed E-state index contributed by atoms with van der Waals surface area (Å²) >= 11 is 5.51. The zero-order valence-electron chi connectivity index (χ0n) is 16.2. The van der Waals surface area contributed by atoms with Crippen molar-refractivity contribution in [1.82, 2.24) is 14.5 Å². The van der Waals surface area contributed by atoms with Crippen molar-refractivity contribution in [3.63, 3.8) is 0 Å². The minimum atomic E-state index is -0.113. The highest BCUT2D eigenvalue weighted by molar-refractivity contribution is 7.71. The van der Waals surface area contributed by atoms with E-state index in [4.69, 9.17) is 12.2 Å². The Morgan fingerprint density at radius 2 is 1.86 bits per heavy atom. The molecule has 1 aromatic heterocycles. The molecule has 0 atom stereocenters. The van der Waals surface area contributed by atoms with Crippen LogP contribution < -0.4 is 10.9 Å². The van der Waals surface area contributed by atoms with Crippen molar-refractivity contribution in [1.29, 1.82) is 0 Å². The molecule has 0 fully saturated rings. The fourth-order valence-electron chi connectivity index (χ4n) is 3.67. The highest BCUT2D eigenvalue weighted by atomic mass is 32.1. The van der Waals surface area contributed by atoms with Gasteiger partial charge in [0.05, 0.1) is 17.9 Å². The van der Waals surface area contributed by atoms with E-state index in [1.807, 2.05) is 22.8 Å². The molecule has 0 spiro atoms. The zero-order chi connectivity index (χ0) is 19.7. The fraction of sp³-hybridized carbons (Fsp3) is 0.273. The van der Waals surface area contributed by atoms with Gasteiger partial charge in [-0.25, -0.2) is 0 Å². The van der Waals surface area contributed by atoms with Crippen molar-refractivity contribution in [2.45, 2.75) is 26.8 Å². The molecule has 0 saturated carbocycles. The first kappa shape index (κ1) is 18.7. The highest BCUT2D eigenvalue weighted by Gasteiger charge is 2.23. The van der Waals surface area contributed by atoms with Gasteiger partial charge in [0, 0.05) is 13.1 Å². The molecule has 0 aliphatic carbocycles. The van der Waals surface area contributed by atoms with Gasteiger partial charge in [0.25, 0.3) is 5.56 Å². The molecule has 144 valence electrons. The predicted molar refractivity (Wildman–Crippen MR) is 116 cm³/mol. The Kier molecular flexibility index (Phi) is 5.15. The zero-order valence-corrected chi connectivity index (χ0v) is 17.0. The van der Waals surface area contributed by atoms with Gasteiger partial charge in [-0.05, 0) is 55.2 Å². The van der Waals surface area contributed by atoms with E-state index in [-0.39, 0.29) is 5.56 Å². The summed E-state index contributed by atoms with van der Waals surface area (Å²) in [7, 11) is 0. The van der Waals surface area contributed by atoms with Gasteiger partial charge in [-0.3, -0.25) is 19.2 Å². The quantitative estimate of drug-likeness (QED) is 0.661. The third-order valence-electron chi connectivity index (χ3n) is 5.44. The van der Waals surface area contributed by atoms with Gasteiger partial charge >= 0.3 is 0 Å². The molecule has 2 heterocycles. The average molecular weight is 393 g/mol. The smallest absolute Gasteiger partial charge is 0.258 e. The predicted octanol–water partition coefficient (Wildman–Crippen LogP) is 3.94. The van der Waals surface area contributed by atoms with Crippen molar-refractivity contribution in [3.05, 3.63) is 85.9 Å². The molecule has 2 N–H and O–H groups in total. The van der Waals surface area contributed by atoms with Crippen LogP contribution in [0.4, 0.5) is 5.82 Å². The Morgan fingerprint density at radius 1 is 1.07 bits per heavy atom. The number of nitrogens with zero attached hydrogens (tertiary/aromatic N) is 2. The lowest BCUT2D eigenvalue weighted by Crippen LogP contribution is -2.40. The first-order chi connectivity index (χ1) is 13.5. The summed E-state index contributed by atoms with van der Waals surface area (Å²) in [5, 5.41) is 3.45. The Morgan fingerprint density at radius 3 is 2.64 bits per heavy atom. The van der Waals surface area contributed by atoms with Crippen molar-refractivity contribution < 1.29 is 0 Å². The molecule has 1 aliphatic rings. The second-order valence-corrected chi connectivity index (χ2v) is 7.65. The fourth-order valence-corrected chi connectivity index (χ4v) is 3.95. The van der Waals surface area contributed by atoms with Gasteiger partial charge < -0.3 is 5.32 Å². The number of H-pyrrole nitrogens is 1. The molecule has 6 heteroatoms. The van der Waals surface area contributed by atoms with Gasteiger partial charge in [-0.15, -0.1) is 0 Å². The van der Waals surface area contributed by atoms with Crippen LogP contribution in [0.3, 0.4) is 0 Å².